The highest BCUT2D eigenvalue weighted by atomic mass is 35.5. The van der Waals surface area contributed by atoms with Gasteiger partial charge in [-0.25, -0.2) is 0 Å². The number of pyridine rings is 2. The van der Waals surface area contributed by atoms with Crippen LogP contribution in [0.15, 0.2) is 91.4 Å². The maximum Gasteiger partial charge on any atom is 0.0705 e. The first-order chi connectivity index (χ1) is 21.7. The van der Waals surface area contributed by atoms with Crippen molar-refractivity contribution in [3.8, 4) is 22.4 Å². The van der Waals surface area contributed by atoms with Crippen LogP contribution in [-0.4, -0.2) is 34.0 Å². The second-order valence-electron chi connectivity index (χ2n) is 13.1. The second-order valence-corrected chi connectivity index (χ2v) is 13.1. The van der Waals surface area contributed by atoms with Gasteiger partial charge in [0, 0.05) is 67.6 Å². The number of benzene rings is 3. The number of hydrogen-bond donors (Lipinski definition) is 0. The van der Waals surface area contributed by atoms with Crippen LogP contribution in [0.2, 0.25) is 0 Å². The Bertz CT molecular complexity index is 1770. The third kappa shape index (κ3) is 9.18. The number of halogens is 3. The van der Waals surface area contributed by atoms with Gasteiger partial charge in [0.05, 0.1) is 5.69 Å². The Morgan fingerprint density at radius 1 is 0.646 bits per heavy atom. The zero-order valence-corrected chi connectivity index (χ0v) is 31.4. The summed E-state index contributed by atoms with van der Waals surface area (Å²) in [5, 5.41) is 0. The molecule has 48 heavy (non-hydrogen) atoms. The number of nitrogens with zero attached hydrogens (tertiary/aromatic N) is 4. The molecule has 1 aliphatic heterocycles. The predicted octanol–water partition coefficient (Wildman–Crippen LogP) is 10.6. The maximum absolute atomic E-state index is 4.71. The fourth-order valence-electron chi connectivity index (χ4n) is 6.58. The summed E-state index contributed by atoms with van der Waals surface area (Å²) in [5.74, 6) is 0. The number of aryl methyl sites for hydroxylation is 5. The zero-order valence-electron chi connectivity index (χ0n) is 29.0. The van der Waals surface area contributed by atoms with Crippen molar-refractivity contribution < 1.29 is 0 Å². The molecule has 0 saturated carbocycles. The molecule has 1 aliphatic rings. The summed E-state index contributed by atoms with van der Waals surface area (Å²) < 4.78 is 0. The molecule has 3 aromatic carbocycles. The molecule has 0 unspecified atom stereocenters. The predicted molar refractivity (Wildman–Crippen MR) is 210 cm³/mol. The minimum Gasteiger partial charge on any atom is -0.364 e. The zero-order chi connectivity index (χ0) is 31.5. The van der Waals surface area contributed by atoms with Gasteiger partial charge < -0.3 is 4.90 Å². The molecule has 4 nitrogen and oxygen atoms in total. The van der Waals surface area contributed by atoms with Gasteiger partial charge in [-0.2, -0.15) is 0 Å². The molecule has 2 aromatic heterocycles. The molecule has 0 spiro atoms. The van der Waals surface area contributed by atoms with Crippen LogP contribution in [0, 0.1) is 41.5 Å². The van der Waals surface area contributed by atoms with Crippen LogP contribution >= 0.6 is 37.2 Å². The molecule has 0 aliphatic carbocycles. The van der Waals surface area contributed by atoms with Crippen LogP contribution in [0.3, 0.4) is 0 Å². The molecule has 5 aromatic rings. The quantitative estimate of drug-likeness (QED) is 0.161. The van der Waals surface area contributed by atoms with E-state index in [9.17, 15) is 0 Å². The highest BCUT2D eigenvalue weighted by Crippen LogP contribution is 2.30. The topological polar surface area (TPSA) is 32.3 Å². The lowest BCUT2D eigenvalue weighted by atomic mass is 9.96. The van der Waals surface area contributed by atoms with E-state index in [1.54, 1.807) is 0 Å². The lowest BCUT2D eigenvalue weighted by molar-refractivity contribution is 0.201. The summed E-state index contributed by atoms with van der Waals surface area (Å²) >= 11 is 0. The fraction of sp³-hybridized carbons (Fsp3) is 0.317. The van der Waals surface area contributed by atoms with E-state index in [-0.39, 0.29) is 37.2 Å². The lowest BCUT2D eigenvalue weighted by Gasteiger charge is -2.40. The Balaban J connectivity index is 0.00000208. The van der Waals surface area contributed by atoms with Gasteiger partial charge in [-0.05, 0) is 135 Å². The summed E-state index contributed by atoms with van der Waals surface area (Å²) in [6.07, 6.45) is 8.28. The smallest absolute Gasteiger partial charge is 0.0705 e. The van der Waals surface area contributed by atoms with E-state index in [4.69, 9.17) is 9.97 Å². The van der Waals surface area contributed by atoms with E-state index < -0.39 is 0 Å². The summed E-state index contributed by atoms with van der Waals surface area (Å²) in [7, 11) is 0. The molecule has 0 radical (unpaired) electrons. The molecular weight excluding hydrogens is 655 g/mol. The molecule has 0 amide bonds. The van der Waals surface area contributed by atoms with Crippen LogP contribution in [0.1, 0.15) is 57.3 Å². The third-order valence-corrected chi connectivity index (χ3v) is 9.80. The number of hydrogen-bond acceptors (Lipinski definition) is 4. The second kappa shape index (κ2) is 17.3. The number of rotatable bonds is 8. The third-order valence-electron chi connectivity index (χ3n) is 9.80. The van der Waals surface area contributed by atoms with Crippen LogP contribution < -0.4 is 4.90 Å². The van der Waals surface area contributed by atoms with Crippen molar-refractivity contribution in [1.29, 1.82) is 0 Å². The molecule has 6 rings (SSSR count). The van der Waals surface area contributed by atoms with E-state index >= 15 is 0 Å². The Labute approximate surface area is 306 Å². The summed E-state index contributed by atoms with van der Waals surface area (Å²) in [6, 6.07) is 27.5. The van der Waals surface area contributed by atoms with E-state index in [2.05, 4.69) is 124 Å². The van der Waals surface area contributed by atoms with Crippen molar-refractivity contribution in [2.24, 2.45) is 0 Å². The van der Waals surface area contributed by atoms with E-state index in [1.807, 2.05) is 18.6 Å². The molecule has 7 heteroatoms. The van der Waals surface area contributed by atoms with E-state index in [0.717, 1.165) is 44.7 Å². The van der Waals surface area contributed by atoms with Crippen molar-refractivity contribution in [1.82, 2.24) is 14.9 Å². The van der Waals surface area contributed by atoms with Crippen molar-refractivity contribution in [2.75, 3.05) is 18.0 Å². The molecule has 254 valence electrons. The lowest BCUT2D eigenvalue weighted by Crippen LogP contribution is -2.44. The number of piperidine rings is 1. The average Bonchev–Trinajstić information content (AvgIpc) is 3.05. The van der Waals surface area contributed by atoms with Crippen LogP contribution in [0.5, 0.6) is 0 Å². The van der Waals surface area contributed by atoms with Gasteiger partial charge in [0.15, 0.2) is 0 Å². The molecule has 0 atom stereocenters. The molecule has 1 fully saturated rings. The number of aromatic nitrogens is 2. The monoisotopic (exact) mass is 702 g/mol. The van der Waals surface area contributed by atoms with Crippen LogP contribution in [0.4, 0.5) is 5.69 Å². The number of likely N-dealkylation sites (tertiary alicyclic amines) is 1. The van der Waals surface area contributed by atoms with E-state index in [0.29, 0.717) is 6.04 Å². The molecule has 3 heterocycles. The summed E-state index contributed by atoms with van der Waals surface area (Å²) in [4.78, 5) is 14.6. The van der Waals surface area contributed by atoms with Gasteiger partial charge in [-0.15, -0.1) is 37.2 Å². The number of anilines is 1. The van der Waals surface area contributed by atoms with Gasteiger partial charge in [-0.3, -0.25) is 14.9 Å². The van der Waals surface area contributed by atoms with Gasteiger partial charge in [0.2, 0.25) is 0 Å². The Hall–Kier alpha value is -3.41. The molecule has 0 N–H and O–H groups in total. The average molecular weight is 704 g/mol. The highest BCUT2D eigenvalue weighted by molar-refractivity contribution is 5.86. The maximum atomic E-state index is 4.71. The molecule has 1 saturated heterocycles. The van der Waals surface area contributed by atoms with Gasteiger partial charge in [0.25, 0.3) is 0 Å². The van der Waals surface area contributed by atoms with Crippen LogP contribution in [-0.2, 0) is 13.1 Å². The van der Waals surface area contributed by atoms with Gasteiger partial charge in [-0.1, -0.05) is 42.0 Å². The summed E-state index contributed by atoms with van der Waals surface area (Å²) in [6.45, 7) is 17.1. The molecular formula is C41H49Cl3N4. The summed E-state index contributed by atoms with van der Waals surface area (Å²) in [5.41, 5.74) is 16.5. The first kappa shape index (κ1) is 39.0. The minimum atomic E-state index is 0. The Morgan fingerprint density at radius 3 is 1.98 bits per heavy atom. The normalized spacial score (nSPS) is 13.2. The highest BCUT2D eigenvalue weighted by Gasteiger charge is 2.26. The minimum absolute atomic E-state index is 0. The fourth-order valence-corrected chi connectivity index (χ4v) is 6.58. The Morgan fingerprint density at radius 2 is 1.31 bits per heavy atom. The van der Waals surface area contributed by atoms with Crippen molar-refractivity contribution >= 4 is 42.9 Å². The largest absolute Gasteiger partial charge is 0.364 e. The first-order valence-corrected chi connectivity index (χ1v) is 16.3. The van der Waals surface area contributed by atoms with Crippen molar-refractivity contribution in [2.45, 2.75) is 73.5 Å². The standard InChI is InChI=1S/C41H46N4.3ClH/c1-28-7-11-39(12-8-28)45(27-35-22-38(25-42-24-35)37-20-31(4)33(6)32(5)21-37)40-14-17-44(18-15-40)26-34-13-16-43-41(23-34)36-10-9-29(2)30(3)19-36;;;/h7-13,16,19-25,40H,14-15,17-18,26-27H2,1-6H3;3*1H. The first-order valence-electron chi connectivity index (χ1n) is 16.3. The van der Waals surface area contributed by atoms with Crippen molar-refractivity contribution in [3.63, 3.8) is 0 Å². The van der Waals surface area contributed by atoms with Gasteiger partial charge in [0.1, 0.15) is 0 Å². The van der Waals surface area contributed by atoms with Gasteiger partial charge >= 0.3 is 0 Å². The van der Waals surface area contributed by atoms with Crippen LogP contribution in [0.25, 0.3) is 22.4 Å². The molecule has 0 bridgehead atoms. The van der Waals surface area contributed by atoms with Crippen molar-refractivity contribution in [3.05, 3.63) is 136 Å². The van der Waals surface area contributed by atoms with E-state index in [1.165, 1.54) is 66.9 Å². The SMILES string of the molecule is Cc1ccc(N(Cc2cncc(-c3cc(C)c(C)c(C)c3)c2)C2CCN(Cc3ccnc(-c4ccc(C)c(C)c4)c3)CC2)cc1.Cl.Cl.Cl. The Kier molecular flexibility index (Phi) is 14.1.